The van der Waals surface area contributed by atoms with Crippen LogP contribution in [0.2, 0.25) is 0 Å². The molecule has 96 valence electrons. The van der Waals surface area contributed by atoms with Crippen molar-refractivity contribution >= 4 is 26.0 Å². The molecule has 0 aliphatic heterocycles. The van der Waals surface area contributed by atoms with Crippen LogP contribution in [0.3, 0.4) is 0 Å². The molecule has 0 aromatic heterocycles. The molecule has 0 radical (unpaired) electrons. The van der Waals surface area contributed by atoms with E-state index in [-0.39, 0.29) is 24.5 Å². The molecule has 7 heteroatoms. The number of benzene rings is 1. The molecular weight excluding hydrogens is 313 g/mol. The lowest BCUT2D eigenvalue weighted by Crippen LogP contribution is -2.25. The summed E-state index contributed by atoms with van der Waals surface area (Å²) in [6, 6.07) is 4.54. The van der Waals surface area contributed by atoms with Crippen molar-refractivity contribution in [3.8, 4) is 0 Å². The summed E-state index contributed by atoms with van der Waals surface area (Å²) in [4.78, 5) is 0.0444. The van der Waals surface area contributed by atoms with E-state index >= 15 is 0 Å². The van der Waals surface area contributed by atoms with Crippen LogP contribution in [0.4, 0.5) is 4.39 Å². The third kappa shape index (κ3) is 4.02. The smallest absolute Gasteiger partial charge is 0.241 e. The first-order valence-electron chi connectivity index (χ1n) is 4.96. The summed E-state index contributed by atoms with van der Waals surface area (Å²) in [7, 11) is -3.67. The van der Waals surface area contributed by atoms with Gasteiger partial charge >= 0.3 is 0 Å². The largest absolute Gasteiger partial charge is 0.392 e. The molecule has 1 rings (SSSR count). The van der Waals surface area contributed by atoms with Gasteiger partial charge in [0.05, 0.1) is 18.2 Å². The lowest BCUT2D eigenvalue weighted by atomic mass is 10.2. The Bertz CT molecular complexity index is 478. The topological polar surface area (TPSA) is 66.4 Å². The molecule has 0 aliphatic rings. The van der Waals surface area contributed by atoms with E-state index in [1.807, 2.05) is 0 Å². The highest BCUT2D eigenvalue weighted by atomic mass is 79.9. The number of hydrogen-bond acceptors (Lipinski definition) is 3. The Morgan fingerprint density at radius 2 is 2.12 bits per heavy atom. The van der Waals surface area contributed by atoms with E-state index in [0.717, 1.165) is 0 Å². The van der Waals surface area contributed by atoms with Gasteiger partial charge in [0.15, 0.2) is 0 Å². The number of aliphatic hydroxyl groups is 1. The molecule has 2 N–H and O–H groups in total. The Morgan fingerprint density at radius 1 is 1.41 bits per heavy atom. The van der Waals surface area contributed by atoms with Crippen LogP contribution in [0.25, 0.3) is 0 Å². The molecule has 1 aromatic rings. The van der Waals surface area contributed by atoms with Crippen LogP contribution >= 0.6 is 15.9 Å². The second-order valence-electron chi connectivity index (χ2n) is 3.36. The molecular formula is C10H13BrFNO3S. The van der Waals surface area contributed by atoms with Crippen molar-refractivity contribution in [1.82, 2.24) is 4.72 Å². The summed E-state index contributed by atoms with van der Waals surface area (Å²) < 4.78 is 38.3. The van der Waals surface area contributed by atoms with Crippen LogP contribution in [0.5, 0.6) is 0 Å². The van der Waals surface area contributed by atoms with Crippen LogP contribution in [0, 0.1) is 0 Å². The van der Waals surface area contributed by atoms with Crippen molar-refractivity contribution in [2.75, 3.05) is 13.2 Å². The SMILES string of the molecule is O=S(=O)(NCCCF)c1cc(CO)ccc1Br. The zero-order valence-electron chi connectivity index (χ0n) is 8.99. The highest BCUT2D eigenvalue weighted by Gasteiger charge is 2.17. The van der Waals surface area contributed by atoms with Crippen molar-refractivity contribution < 1.29 is 17.9 Å². The number of alkyl halides is 1. The second kappa shape index (κ2) is 6.44. The fourth-order valence-corrected chi connectivity index (χ4v) is 3.29. The second-order valence-corrected chi connectivity index (χ2v) is 5.95. The Balaban J connectivity index is 2.97. The van der Waals surface area contributed by atoms with Crippen LogP contribution < -0.4 is 4.72 Å². The predicted octanol–water partition coefficient (Wildman–Crippen LogP) is 1.58. The normalized spacial score (nSPS) is 11.7. The van der Waals surface area contributed by atoms with E-state index in [1.165, 1.54) is 6.07 Å². The van der Waals surface area contributed by atoms with Crippen LogP contribution in [0.15, 0.2) is 27.6 Å². The number of nitrogens with one attached hydrogen (secondary N) is 1. The number of rotatable bonds is 6. The lowest BCUT2D eigenvalue weighted by Gasteiger charge is -2.09. The molecule has 0 bridgehead atoms. The molecule has 0 atom stereocenters. The van der Waals surface area contributed by atoms with Crippen molar-refractivity contribution in [3.63, 3.8) is 0 Å². The maximum Gasteiger partial charge on any atom is 0.241 e. The van der Waals surface area contributed by atoms with Crippen molar-refractivity contribution in [3.05, 3.63) is 28.2 Å². The van der Waals surface area contributed by atoms with E-state index in [2.05, 4.69) is 20.7 Å². The summed E-state index contributed by atoms with van der Waals surface area (Å²) in [5, 5.41) is 8.95. The summed E-state index contributed by atoms with van der Waals surface area (Å²) in [5.74, 6) is 0. The third-order valence-electron chi connectivity index (χ3n) is 2.07. The standard InChI is InChI=1S/C10H13BrFNO3S/c11-9-3-2-8(7-14)6-10(9)17(15,16)13-5-1-4-12/h2-3,6,13-14H,1,4-5,7H2. The summed E-state index contributed by atoms with van der Waals surface area (Å²) in [5.41, 5.74) is 0.499. The van der Waals surface area contributed by atoms with E-state index in [9.17, 15) is 12.8 Å². The quantitative estimate of drug-likeness (QED) is 0.780. The molecule has 0 saturated heterocycles. The third-order valence-corrected chi connectivity index (χ3v) is 4.53. The number of halogens is 2. The minimum absolute atomic E-state index is 0.0444. The predicted molar refractivity (Wildman–Crippen MR) is 65.8 cm³/mol. The molecule has 0 amide bonds. The summed E-state index contributed by atoms with van der Waals surface area (Å²) in [6.07, 6.45) is 0.135. The van der Waals surface area contributed by atoms with Gasteiger partial charge in [-0.15, -0.1) is 0 Å². The Morgan fingerprint density at radius 3 is 2.71 bits per heavy atom. The van der Waals surface area contributed by atoms with Crippen LogP contribution in [-0.4, -0.2) is 26.7 Å². The van der Waals surface area contributed by atoms with E-state index in [1.54, 1.807) is 12.1 Å². The van der Waals surface area contributed by atoms with Gasteiger partial charge in [-0.05, 0) is 40.0 Å². The van der Waals surface area contributed by atoms with Gasteiger partial charge < -0.3 is 5.11 Å². The fraction of sp³-hybridized carbons (Fsp3) is 0.400. The van der Waals surface area contributed by atoms with Gasteiger partial charge in [0, 0.05) is 11.0 Å². The Hall–Kier alpha value is -0.500. The van der Waals surface area contributed by atoms with Crippen molar-refractivity contribution in [2.24, 2.45) is 0 Å². The molecule has 0 aliphatic carbocycles. The fourth-order valence-electron chi connectivity index (χ4n) is 1.20. The Kier molecular flexibility index (Phi) is 5.51. The Labute approximate surface area is 108 Å². The number of hydrogen-bond donors (Lipinski definition) is 2. The monoisotopic (exact) mass is 325 g/mol. The highest BCUT2D eigenvalue weighted by Crippen LogP contribution is 2.23. The van der Waals surface area contributed by atoms with Gasteiger partial charge in [-0.2, -0.15) is 0 Å². The molecule has 0 heterocycles. The lowest BCUT2D eigenvalue weighted by molar-refractivity contribution is 0.281. The highest BCUT2D eigenvalue weighted by molar-refractivity contribution is 9.10. The van der Waals surface area contributed by atoms with Gasteiger partial charge in [-0.1, -0.05) is 6.07 Å². The first kappa shape index (κ1) is 14.6. The zero-order chi connectivity index (χ0) is 12.9. The van der Waals surface area contributed by atoms with Gasteiger partial charge in [-0.25, -0.2) is 13.1 Å². The molecule has 0 fully saturated rings. The maximum atomic E-state index is 11.9. The molecule has 4 nitrogen and oxygen atoms in total. The molecule has 0 unspecified atom stereocenters. The minimum atomic E-state index is -3.67. The van der Waals surface area contributed by atoms with E-state index in [0.29, 0.717) is 10.0 Å². The maximum absolute atomic E-state index is 11.9. The average Bonchev–Trinajstić information content (AvgIpc) is 2.29. The van der Waals surface area contributed by atoms with Crippen LogP contribution in [0.1, 0.15) is 12.0 Å². The molecule has 0 spiro atoms. The van der Waals surface area contributed by atoms with Crippen molar-refractivity contribution in [1.29, 1.82) is 0 Å². The van der Waals surface area contributed by atoms with Gasteiger partial charge in [0.25, 0.3) is 0 Å². The molecule has 17 heavy (non-hydrogen) atoms. The van der Waals surface area contributed by atoms with Gasteiger partial charge in [0.1, 0.15) is 0 Å². The molecule has 0 saturated carbocycles. The first-order chi connectivity index (χ1) is 8.01. The number of aliphatic hydroxyl groups excluding tert-OH is 1. The van der Waals surface area contributed by atoms with E-state index in [4.69, 9.17) is 5.11 Å². The van der Waals surface area contributed by atoms with Crippen LogP contribution in [-0.2, 0) is 16.6 Å². The van der Waals surface area contributed by atoms with Gasteiger partial charge in [0.2, 0.25) is 10.0 Å². The zero-order valence-corrected chi connectivity index (χ0v) is 11.4. The van der Waals surface area contributed by atoms with Gasteiger partial charge in [-0.3, -0.25) is 4.39 Å². The summed E-state index contributed by atoms with van der Waals surface area (Å²) in [6.45, 7) is -0.755. The number of sulfonamides is 1. The summed E-state index contributed by atoms with van der Waals surface area (Å²) >= 11 is 3.13. The van der Waals surface area contributed by atoms with E-state index < -0.39 is 16.7 Å². The first-order valence-corrected chi connectivity index (χ1v) is 7.24. The average molecular weight is 326 g/mol. The molecule has 1 aromatic carbocycles. The van der Waals surface area contributed by atoms with Crippen molar-refractivity contribution in [2.45, 2.75) is 17.9 Å². The minimum Gasteiger partial charge on any atom is -0.392 e.